The summed E-state index contributed by atoms with van der Waals surface area (Å²) in [5.74, 6) is 0.878. The molecule has 0 N–H and O–H groups in total. The normalized spacial score (nSPS) is 9.80. The van der Waals surface area contributed by atoms with Crippen LogP contribution in [0.3, 0.4) is 0 Å². The molecule has 0 aliphatic carbocycles. The van der Waals surface area contributed by atoms with Crippen molar-refractivity contribution in [2.75, 3.05) is 5.75 Å². The fourth-order valence-electron chi connectivity index (χ4n) is 0.727. The van der Waals surface area contributed by atoms with Gasteiger partial charge in [-0.2, -0.15) is 12.6 Å². The van der Waals surface area contributed by atoms with Gasteiger partial charge in [0.15, 0.2) is 0 Å². The number of hydrogen-bond donors (Lipinski definition) is 1. The Morgan fingerprint density at radius 1 is 1.60 bits per heavy atom. The molecule has 10 heavy (non-hydrogen) atoms. The molecule has 1 aromatic heterocycles. The van der Waals surface area contributed by atoms with E-state index in [1.54, 1.807) is 12.4 Å². The van der Waals surface area contributed by atoms with E-state index in [-0.39, 0.29) is 0 Å². The Morgan fingerprint density at radius 2 is 2.40 bits per heavy atom. The molecular formula is C7H8BrNS. The fourth-order valence-corrected chi connectivity index (χ4v) is 1.42. The predicted octanol–water partition coefficient (Wildman–Crippen LogP) is 2.32. The van der Waals surface area contributed by atoms with E-state index < -0.39 is 0 Å². The third kappa shape index (κ3) is 1.99. The summed E-state index contributed by atoms with van der Waals surface area (Å²) in [7, 11) is 0. The summed E-state index contributed by atoms with van der Waals surface area (Å²) in [4.78, 5) is 3.96. The maximum absolute atomic E-state index is 4.14. The molecule has 0 amide bonds. The standard InChI is InChI=1S/C7H8BrNS/c8-7-5-9-3-1-6(7)2-4-10/h1,3,5,10H,2,4H2. The van der Waals surface area contributed by atoms with E-state index in [9.17, 15) is 0 Å². The van der Waals surface area contributed by atoms with E-state index in [2.05, 4.69) is 33.5 Å². The number of pyridine rings is 1. The first kappa shape index (κ1) is 8.08. The second-order valence-electron chi connectivity index (χ2n) is 1.94. The van der Waals surface area contributed by atoms with Crippen molar-refractivity contribution < 1.29 is 0 Å². The zero-order valence-electron chi connectivity index (χ0n) is 5.42. The first-order valence-corrected chi connectivity index (χ1v) is 4.46. The smallest absolute Gasteiger partial charge is 0.0412 e. The zero-order valence-corrected chi connectivity index (χ0v) is 7.90. The van der Waals surface area contributed by atoms with E-state index >= 15 is 0 Å². The minimum Gasteiger partial charge on any atom is -0.264 e. The number of aryl methyl sites for hydroxylation is 1. The molecule has 0 bridgehead atoms. The molecule has 3 heteroatoms. The van der Waals surface area contributed by atoms with Gasteiger partial charge in [-0.25, -0.2) is 0 Å². The Hall–Kier alpha value is -0.0200. The summed E-state index contributed by atoms with van der Waals surface area (Å²) in [6.07, 6.45) is 4.59. The topological polar surface area (TPSA) is 12.9 Å². The zero-order chi connectivity index (χ0) is 7.40. The van der Waals surface area contributed by atoms with Crippen molar-refractivity contribution in [2.24, 2.45) is 0 Å². The van der Waals surface area contributed by atoms with Crippen LogP contribution in [0, 0.1) is 0 Å². The van der Waals surface area contributed by atoms with Gasteiger partial charge < -0.3 is 0 Å². The number of thiol groups is 1. The SMILES string of the molecule is SCCc1ccncc1Br. The highest BCUT2D eigenvalue weighted by atomic mass is 79.9. The van der Waals surface area contributed by atoms with Gasteiger partial charge in [-0.3, -0.25) is 4.98 Å². The molecule has 1 heterocycles. The molecule has 0 fully saturated rings. The van der Waals surface area contributed by atoms with Crippen molar-refractivity contribution in [3.8, 4) is 0 Å². The summed E-state index contributed by atoms with van der Waals surface area (Å²) < 4.78 is 1.07. The van der Waals surface area contributed by atoms with E-state index in [0.29, 0.717) is 0 Å². The average molecular weight is 218 g/mol. The first-order chi connectivity index (χ1) is 4.84. The average Bonchev–Trinajstić information content (AvgIpc) is 1.94. The molecule has 0 atom stereocenters. The lowest BCUT2D eigenvalue weighted by atomic mass is 10.2. The monoisotopic (exact) mass is 217 g/mol. The second kappa shape index (κ2) is 3.98. The highest BCUT2D eigenvalue weighted by Gasteiger charge is 1.95. The fraction of sp³-hybridized carbons (Fsp3) is 0.286. The Morgan fingerprint density at radius 3 is 3.00 bits per heavy atom. The molecule has 0 radical (unpaired) electrons. The molecule has 0 aliphatic heterocycles. The number of aromatic nitrogens is 1. The first-order valence-electron chi connectivity index (χ1n) is 3.04. The quantitative estimate of drug-likeness (QED) is 0.751. The van der Waals surface area contributed by atoms with E-state index in [4.69, 9.17) is 0 Å². The minimum atomic E-state index is 0.878. The highest BCUT2D eigenvalue weighted by molar-refractivity contribution is 9.10. The summed E-state index contributed by atoms with van der Waals surface area (Å²) in [6.45, 7) is 0. The minimum absolute atomic E-state index is 0.878. The van der Waals surface area contributed by atoms with Crippen LogP contribution in [-0.2, 0) is 6.42 Å². The largest absolute Gasteiger partial charge is 0.264 e. The third-order valence-corrected chi connectivity index (χ3v) is 2.18. The molecule has 0 aromatic carbocycles. The highest BCUT2D eigenvalue weighted by Crippen LogP contribution is 2.14. The van der Waals surface area contributed by atoms with Crippen molar-refractivity contribution in [3.63, 3.8) is 0 Å². The van der Waals surface area contributed by atoms with Crippen molar-refractivity contribution in [1.82, 2.24) is 4.98 Å². The molecule has 0 saturated carbocycles. The van der Waals surface area contributed by atoms with Crippen molar-refractivity contribution in [2.45, 2.75) is 6.42 Å². The van der Waals surface area contributed by atoms with Crippen molar-refractivity contribution in [3.05, 3.63) is 28.5 Å². The lowest BCUT2D eigenvalue weighted by molar-refractivity contribution is 1.12. The van der Waals surface area contributed by atoms with Crippen LogP contribution < -0.4 is 0 Å². The van der Waals surface area contributed by atoms with Gasteiger partial charge in [0, 0.05) is 16.9 Å². The van der Waals surface area contributed by atoms with Crippen LogP contribution in [0.4, 0.5) is 0 Å². The molecule has 0 spiro atoms. The third-order valence-electron chi connectivity index (χ3n) is 1.24. The Kier molecular flexibility index (Phi) is 3.22. The maximum Gasteiger partial charge on any atom is 0.0412 e. The van der Waals surface area contributed by atoms with Gasteiger partial charge in [0.1, 0.15) is 0 Å². The summed E-state index contributed by atoms with van der Waals surface area (Å²) >= 11 is 7.54. The van der Waals surface area contributed by atoms with Gasteiger partial charge >= 0.3 is 0 Å². The van der Waals surface area contributed by atoms with Crippen LogP contribution in [0.2, 0.25) is 0 Å². The Bertz CT molecular complexity index is 215. The van der Waals surface area contributed by atoms with Crippen LogP contribution in [0.15, 0.2) is 22.9 Å². The molecule has 0 aliphatic rings. The number of rotatable bonds is 2. The van der Waals surface area contributed by atoms with Crippen LogP contribution in [0.1, 0.15) is 5.56 Å². The van der Waals surface area contributed by atoms with Crippen LogP contribution >= 0.6 is 28.6 Å². The number of hydrogen-bond acceptors (Lipinski definition) is 2. The van der Waals surface area contributed by atoms with E-state index in [1.165, 1.54) is 5.56 Å². The maximum atomic E-state index is 4.14. The van der Waals surface area contributed by atoms with Crippen LogP contribution in [0.5, 0.6) is 0 Å². The number of nitrogens with zero attached hydrogens (tertiary/aromatic N) is 1. The van der Waals surface area contributed by atoms with E-state index in [1.807, 2.05) is 6.07 Å². The van der Waals surface area contributed by atoms with Gasteiger partial charge in [-0.15, -0.1) is 0 Å². The lowest BCUT2D eigenvalue weighted by Gasteiger charge is -1.98. The Labute approximate surface area is 74.4 Å². The van der Waals surface area contributed by atoms with Gasteiger partial charge in [-0.05, 0) is 39.7 Å². The molecule has 1 rings (SSSR count). The van der Waals surface area contributed by atoms with E-state index in [0.717, 1.165) is 16.6 Å². The van der Waals surface area contributed by atoms with Gasteiger partial charge in [0.25, 0.3) is 0 Å². The van der Waals surface area contributed by atoms with Gasteiger partial charge in [0.05, 0.1) is 0 Å². The van der Waals surface area contributed by atoms with Crippen LogP contribution in [0.25, 0.3) is 0 Å². The molecule has 54 valence electrons. The number of halogens is 1. The van der Waals surface area contributed by atoms with Gasteiger partial charge in [-0.1, -0.05) is 0 Å². The summed E-state index contributed by atoms with van der Waals surface area (Å²) in [5, 5.41) is 0. The Balaban J connectivity index is 2.81. The predicted molar refractivity (Wildman–Crippen MR) is 49.5 cm³/mol. The van der Waals surface area contributed by atoms with Gasteiger partial charge in [0.2, 0.25) is 0 Å². The van der Waals surface area contributed by atoms with Crippen LogP contribution in [-0.4, -0.2) is 10.7 Å². The van der Waals surface area contributed by atoms with Crippen molar-refractivity contribution >= 4 is 28.6 Å². The molecule has 0 unspecified atom stereocenters. The molecule has 1 aromatic rings. The molecule has 1 nitrogen and oxygen atoms in total. The summed E-state index contributed by atoms with van der Waals surface area (Å²) in [6, 6.07) is 2.00. The van der Waals surface area contributed by atoms with Crippen molar-refractivity contribution in [1.29, 1.82) is 0 Å². The molecule has 0 saturated heterocycles. The molecular weight excluding hydrogens is 210 g/mol. The second-order valence-corrected chi connectivity index (χ2v) is 3.24. The lowest BCUT2D eigenvalue weighted by Crippen LogP contribution is -1.87. The summed E-state index contributed by atoms with van der Waals surface area (Å²) in [5.41, 5.74) is 1.27.